The van der Waals surface area contributed by atoms with Gasteiger partial charge in [-0.2, -0.15) is 0 Å². The van der Waals surface area contributed by atoms with Crippen LogP contribution in [0.3, 0.4) is 0 Å². The molecule has 0 bridgehead atoms. The highest BCUT2D eigenvalue weighted by atomic mass is 16.5. The third-order valence-corrected chi connectivity index (χ3v) is 5.45. The summed E-state index contributed by atoms with van der Waals surface area (Å²) in [4.78, 5) is 4.55. The van der Waals surface area contributed by atoms with Crippen molar-refractivity contribution in [2.24, 2.45) is 0 Å². The smallest absolute Gasteiger partial charge is 0.119 e. The molecule has 4 heteroatoms. The first-order valence-electron chi connectivity index (χ1n) is 10.4. The Morgan fingerprint density at radius 2 is 1.71 bits per heavy atom. The molecule has 0 aromatic heterocycles. The highest BCUT2D eigenvalue weighted by Crippen LogP contribution is 2.24. The second kappa shape index (κ2) is 10.1. The van der Waals surface area contributed by atoms with Gasteiger partial charge in [0.2, 0.25) is 0 Å². The Morgan fingerprint density at radius 3 is 2.43 bits per heavy atom. The second-order valence-electron chi connectivity index (χ2n) is 8.32. The molecule has 0 spiro atoms. The van der Waals surface area contributed by atoms with Crippen molar-refractivity contribution in [3.05, 3.63) is 65.7 Å². The van der Waals surface area contributed by atoms with Crippen molar-refractivity contribution >= 4 is 0 Å². The summed E-state index contributed by atoms with van der Waals surface area (Å²) in [6, 6.07) is 18.9. The SMILES string of the molecule is CN(C)C[C@@]1(O)CCCN(Cc2ccc(OCCc3ccccc3)cc2)CC1. The third kappa shape index (κ3) is 6.62. The van der Waals surface area contributed by atoms with Gasteiger partial charge in [-0.15, -0.1) is 0 Å². The molecule has 1 aliphatic rings. The van der Waals surface area contributed by atoms with Crippen molar-refractivity contribution in [1.82, 2.24) is 9.80 Å². The first-order valence-corrected chi connectivity index (χ1v) is 10.4. The summed E-state index contributed by atoms with van der Waals surface area (Å²) in [5.41, 5.74) is 2.05. The van der Waals surface area contributed by atoms with Gasteiger partial charge in [-0.1, -0.05) is 42.5 Å². The van der Waals surface area contributed by atoms with E-state index < -0.39 is 5.60 Å². The standard InChI is InChI=1S/C24H34N2O2/c1-25(2)20-24(27)14-6-16-26(17-15-24)19-22-9-11-23(12-10-22)28-18-13-21-7-4-3-5-8-21/h3-5,7-12,27H,6,13-20H2,1-2H3/t24-/m1/s1. The van der Waals surface area contributed by atoms with Gasteiger partial charge in [0.25, 0.3) is 0 Å². The minimum absolute atomic E-state index is 0.547. The van der Waals surface area contributed by atoms with E-state index in [1.165, 1.54) is 11.1 Å². The summed E-state index contributed by atoms with van der Waals surface area (Å²) in [6.07, 6.45) is 3.69. The van der Waals surface area contributed by atoms with Crippen LogP contribution in [0.25, 0.3) is 0 Å². The maximum Gasteiger partial charge on any atom is 0.119 e. The quantitative estimate of drug-likeness (QED) is 0.757. The molecular formula is C24H34N2O2. The van der Waals surface area contributed by atoms with Crippen LogP contribution >= 0.6 is 0 Å². The molecule has 1 saturated heterocycles. The molecule has 3 rings (SSSR count). The van der Waals surface area contributed by atoms with E-state index in [1.807, 2.05) is 20.2 Å². The van der Waals surface area contributed by atoms with E-state index in [4.69, 9.17) is 4.74 Å². The summed E-state index contributed by atoms with van der Waals surface area (Å²) in [5.74, 6) is 0.927. The van der Waals surface area contributed by atoms with Gasteiger partial charge in [0.15, 0.2) is 0 Å². The summed E-state index contributed by atoms with van der Waals surface area (Å²) >= 11 is 0. The van der Waals surface area contributed by atoms with Gasteiger partial charge in [-0.25, -0.2) is 0 Å². The fourth-order valence-corrected chi connectivity index (χ4v) is 4.02. The van der Waals surface area contributed by atoms with Crippen LogP contribution in [-0.2, 0) is 13.0 Å². The van der Waals surface area contributed by atoms with Crippen molar-refractivity contribution in [2.75, 3.05) is 40.3 Å². The number of rotatable bonds is 8. The first-order chi connectivity index (χ1) is 13.5. The third-order valence-electron chi connectivity index (χ3n) is 5.45. The number of likely N-dealkylation sites (tertiary alicyclic amines) is 1. The summed E-state index contributed by atoms with van der Waals surface area (Å²) in [5, 5.41) is 10.8. The van der Waals surface area contributed by atoms with Gasteiger partial charge >= 0.3 is 0 Å². The lowest BCUT2D eigenvalue weighted by Gasteiger charge is -2.30. The maximum absolute atomic E-state index is 10.8. The minimum Gasteiger partial charge on any atom is -0.493 e. The number of likely N-dealkylation sites (N-methyl/N-ethyl adjacent to an activating group) is 1. The van der Waals surface area contributed by atoms with Crippen molar-refractivity contribution in [2.45, 2.75) is 37.8 Å². The van der Waals surface area contributed by atoms with Gasteiger partial charge in [-0.05, 0) is 63.2 Å². The molecule has 0 saturated carbocycles. The molecule has 152 valence electrons. The van der Waals surface area contributed by atoms with Crippen LogP contribution in [0.15, 0.2) is 54.6 Å². The van der Waals surface area contributed by atoms with E-state index in [0.29, 0.717) is 6.61 Å². The lowest BCUT2D eigenvalue weighted by Crippen LogP contribution is -2.40. The zero-order valence-electron chi connectivity index (χ0n) is 17.3. The molecule has 28 heavy (non-hydrogen) atoms. The Hall–Kier alpha value is -1.88. The molecule has 0 aliphatic carbocycles. The number of nitrogens with zero attached hydrogens (tertiary/aromatic N) is 2. The van der Waals surface area contributed by atoms with E-state index in [0.717, 1.165) is 57.6 Å². The lowest BCUT2D eigenvalue weighted by atomic mass is 9.94. The minimum atomic E-state index is -0.547. The Kier molecular flexibility index (Phi) is 7.49. The molecular weight excluding hydrogens is 348 g/mol. The fraction of sp³-hybridized carbons (Fsp3) is 0.500. The number of hydrogen-bond acceptors (Lipinski definition) is 4. The van der Waals surface area contributed by atoms with Crippen molar-refractivity contribution in [1.29, 1.82) is 0 Å². The van der Waals surface area contributed by atoms with Crippen LogP contribution in [0.5, 0.6) is 5.75 Å². The van der Waals surface area contributed by atoms with E-state index in [2.05, 4.69) is 58.3 Å². The molecule has 1 aliphatic heterocycles. The molecule has 1 atom stereocenters. The topological polar surface area (TPSA) is 35.9 Å². The second-order valence-corrected chi connectivity index (χ2v) is 8.32. The Bertz CT molecular complexity index is 702. The Morgan fingerprint density at radius 1 is 0.964 bits per heavy atom. The molecule has 0 radical (unpaired) electrons. The highest BCUT2D eigenvalue weighted by Gasteiger charge is 2.30. The van der Waals surface area contributed by atoms with Crippen LogP contribution in [0.2, 0.25) is 0 Å². The zero-order valence-corrected chi connectivity index (χ0v) is 17.3. The molecule has 1 N–H and O–H groups in total. The van der Waals surface area contributed by atoms with Crippen molar-refractivity contribution in [3.8, 4) is 5.75 Å². The molecule has 1 heterocycles. The van der Waals surface area contributed by atoms with Gasteiger partial charge in [0.05, 0.1) is 12.2 Å². The summed E-state index contributed by atoms with van der Waals surface area (Å²) < 4.78 is 5.89. The van der Waals surface area contributed by atoms with Crippen LogP contribution in [0, 0.1) is 0 Å². The average molecular weight is 383 g/mol. The Balaban J connectivity index is 1.45. The van der Waals surface area contributed by atoms with Crippen molar-refractivity contribution in [3.63, 3.8) is 0 Å². The predicted octanol–water partition coefficient (Wildman–Crippen LogP) is 3.59. The van der Waals surface area contributed by atoms with Crippen LogP contribution < -0.4 is 4.74 Å². The molecule has 2 aromatic carbocycles. The molecule has 4 nitrogen and oxygen atoms in total. The van der Waals surface area contributed by atoms with Crippen LogP contribution in [0.1, 0.15) is 30.4 Å². The van der Waals surface area contributed by atoms with Crippen LogP contribution in [0.4, 0.5) is 0 Å². The van der Waals surface area contributed by atoms with Crippen LogP contribution in [-0.4, -0.2) is 60.8 Å². The van der Waals surface area contributed by atoms with E-state index in [1.54, 1.807) is 0 Å². The average Bonchev–Trinajstić information content (AvgIpc) is 2.85. The summed E-state index contributed by atoms with van der Waals surface area (Å²) in [6.45, 7) is 4.36. The normalized spacial score (nSPS) is 20.9. The lowest BCUT2D eigenvalue weighted by molar-refractivity contribution is 0.00258. The fourth-order valence-electron chi connectivity index (χ4n) is 4.02. The number of ether oxygens (including phenoxy) is 1. The van der Waals surface area contributed by atoms with Gasteiger partial charge < -0.3 is 14.7 Å². The van der Waals surface area contributed by atoms with Gasteiger partial charge in [0, 0.05) is 26.1 Å². The van der Waals surface area contributed by atoms with Gasteiger partial charge in [-0.3, -0.25) is 4.90 Å². The van der Waals surface area contributed by atoms with E-state index in [9.17, 15) is 5.11 Å². The van der Waals surface area contributed by atoms with Crippen molar-refractivity contribution < 1.29 is 9.84 Å². The van der Waals surface area contributed by atoms with E-state index in [-0.39, 0.29) is 0 Å². The monoisotopic (exact) mass is 382 g/mol. The molecule has 2 aromatic rings. The summed E-state index contributed by atoms with van der Waals surface area (Å²) in [7, 11) is 4.06. The van der Waals surface area contributed by atoms with E-state index >= 15 is 0 Å². The maximum atomic E-state index is 10.8. The number of hydrogen-bond donors (Lipinski definition) is 1. The zero-order chi connectivity index (χ0) is 19.8. The molecule has 0 unspecified atom stereocenters. The molecule has 1 fully saturated rings. The predicted molar refractivity (Wildman–Crippen MR) is 115 cm³/mol. The van der Waals surface area contributed by atoms with Gasteiger partial charge in [0.1, 0.15) is 5.75 Å². The molecule has 0 amide bonds. The first kappa shape index (κ1) is 20.8. The highest BCUT2D eigenvalue weighted by molar-refractivity contribution is 5.27. The number of aliphatic hydroxyl groups is 1. The Labute approximate surface area is 169 Å². The number of benzene rings is 2. The largest absolute Gasteiger partial charge is 0.493 e.